The molecule has 1 aromatic carbocycles. The Balaban J connectivity index is 2.74. The summed E-state index contributed by atoms with van der Waals surface area (Å²) in [7, 11) is 1.60. The second-order valence-corrected chi connectivity index (χ2v) is 6.70. The lowest BCUT2D eigenvalue weighted by molar-refractivity contribution is -0.150. The summed E-state index contributed by atoms with van der Waals surface area (Å²) in [4.78, 5) is 12.0. The third-order valence-corrected chi connectivity index (χ3v) is 3.62. The van der Waals surface area contributed by atoms with E-state index in [2.05, 4.69) is 6.58 Å². The van der Waals surface area contributed by atoms with Crippen LogP contribution in [0.1, 0.15) is 52.2 Å². The normalized spacial score (nSPS) is 14.0. The maximum absolute atomic E-state index is 12.0. The molecular weight excluding hydrogens is 292 g/mol. The largest absolute Gasteiger partial charge is 0.497 e. The maximum atomic E-state index is 12.0. The molecule has 0 saturated carbocycles. The molecule has 128 valence electrons. The van der Waals surface area contributed by atoms with E-state index >= 15 is 0 Å². The summed E-state index contributed by atoms with van der Waals surface area (Å²) in [5.41, 5.74) is 0.644. The quantitative estimate of drug-likeness (QED) is 0.608. The smallest absolute Gasteiger partial charge is 0.333 e. The summed E-state index contributed by atoms with van der Waals surface area (Å²) >= 11 is 0. The molecular formula is C19H28O4. The highest BCUT2D eigenvalue weighted by molar-refractivity contribution is 5.88. The number of aliphatic hydroxyl groups is 1. The van der Waals surface area contributed by atoms with Crippen molar-refractivity contribution in [3.05, 3.63) is 42.0 Å². The van der Waals surface area contributed by atoms with Crippen LogP contribution in [-0.4, -0.2) is 23.8 Å². The highest BCUT2D eigenvalue weighted by Crippen LogP contribution is 2.31. The van der Waals surface area contributed by atoms with Gasteiger partial charge in [-0.15, -0.1) is 0 Å². The van der Waals surface area contributed by atoms with E-state index in [1.807, 2.05) is 52.0 Å². The van der Waals surface area contributed by atoms with Gasteiger partial charge in [0.2, 0.25) is 0 Å². The van der Waals surface area contributed by atoms with Crippen molar-refractivity contribution in [3.63, 3.8) is 0 Å². The van der Waals surface area contributed by atoms with Gasteiger partial charge in [0.25, 0.3) is 0 Å². The first-order chi connectivity index (χ1) is 10.7. The summed E-state index contributed by atoms with van der Waals surface area (Å²) in [5, 5.41) is 10.6. The number of benzene rings is 1. The van der Waals surface area contributed by atoms with E-state index in [1.54, 1.807) is 7.11 Å². The van der Waals surface area contributed by atoms with Crippen LogP contribution in [0, 0.1) is 5.92 Å². The van der Waals surface area contributed by atoms with Gasteiger partial charge in [0.05, 0.1) is 13.2 Å². The number of ether oxygens (including phenoxy) is 2. The Hall–Kier alpha value is -1.81. The van der Waals surface area contributed by atoms with E-state index in [9.17, 15) is 9.90 Å². The molecule has 23 heavy (non-hydrogen) atoms. The van der Waals surface area contributed by atoms with Gasteiger partial charge >= 0.3 is 5.97 Å². The summed E-state index contributed by atoms with van der Waals surface area (Å²) in [6.45, 7) is 11.3. The number of hydrogen-bond acceptors (Lipinski definition) is 4. The number of carbonyl (C=O) groups excluding carboxylic acids is 1. The Morgan fingerprint density at radius 3 is 2.26 bits per heavy atom. The molecule has 0 bridgehead atoms. The average Bonchev–Trinajstić information content (AvgIpc) is 2.50. The van der Waals surface area contributed by atoms with Crippen LogP contribution in [0.4, 0.5) is 0 Å². The first kappa shape index (κ1) is 19.2. The lowest BCUT2D eigenvalue weighted by Crippen LogP contribution is -2.25. The fourth-order valence-electron chi connectivity index (χ4n) is 2.30. The van der Waals surface area contributed by atoms with E-state index in [4.69, 9.17) is 9.47 Å². The molecule has 0 aliphatic heterocycles. The molecule has 4 heteroatoms. The molecule has 0 amide bonds. The van der Waals surface area contributed by atoms with Gasteiger partial charge in [-0.1, -0.05) is 32.1 Å². The van der Waals surface area contributed by atoms with Gasteiger partial charge in [-0.2, -0.15) is 0 Å². The number of methoxy groups -OCH3 is 1. The summed E-state index contributed by atoms with van der Waals surface area (Å²) in [5.74, 6) is 0.244. The van der Waals surface area contributed by atoms with Crippen LogP contribution < -0.4 is 4.74 Å². The number of aliphatic hydroxyl groups excluding tert-OH is 1. The van der Waals surface area contributed by atoms with Crippen LogP contribution in [-0.2, 0) is 9.53 Å². The number of esters is 1. The van der Waals surface area contributed by atoms with Crippen molar-refractivity contribution in [2.75, 3.05) is 7.11 Å². The molecule has 0 spiro atoms. The summed E-state index contributed by atoms with van der Waals surface area (Å²) < 4.78 is 10.4. The van der Waals surface area contributed by atoms with E-state index in [-0.39, 0.29) is 5.92 Å². The molecule has 0 aromatic heterocycles. The Morgan fingerprint density at radius 1 is 1.26 bits per heavy atom. The summed E-state index contributed by atoms with van der Waals surface area (Å²) in [6.07, 6.45) is 0.471. The minimum Gasteiger partial charge on any atom is -0.497 e. The van der Waals surface area contributed by atoms with Crippen molar-refractivity contribution in [2.24, 2.45) is 5.92 Å². The summed E-state index contributed by atoms with van der Waals surface area (Å²) in [6, 6.07) is 7.30. The lowest BCUT2D eigenvalue weighted by atomic mass is 9.88. The fraction of sp³-hybridized carbons (Fsp3) is 0.526. The van der Waals surface area contributed by atoms with Gasteiger partial charge in [0.1, 0.15) is 11.4 Å². The van der Waals surface area contributed by atoms with E-state index in [0.29, 0.717) is 12.0 Å². The van der Waals surface area contributed by atoms with Gasteiger partial charge in [0.15, 0.2) is 0 Å². The van der Waals surface area contributed by atoms with Crippen LogP contribution in [0.3, 0.4) is 0 Å². The number of rotatable bonds is 7. The second-order valence-electron chi connectivity index (χ2n) is 6.70. The number of hydrogen-bond donors (Lipinski definition) is 1. The standard InChI is InChI=1S/C19H28O4/c1-7-14(12-13(2)18(21)23-19(3,4)5)17(20)15-8-10-16(22-6)11-9-15/h8-11,14,17,20H,2,7,12H2,1,3-6H3. The third-order valence-electron chi connectivity index (χ3n) is 3.62. The van der Waals surface area contributed by atoms with Crippen LogP contribution in [0.5, 0.6) is 5.75 Å². The van der Waals surface area contributed by atoms with Gasteiger partial charge in [-0.05, 0) is 50.8 Å². The zero-order valence-corrected chi connectivity index (χ0v) is 14.8. The van der Waals surface area contributed by atoms with E-state index in [1.165, 1.54) is 0 Å². The Bertz CT molecular complexity index is 525. The van der Waals surface area contributed by atoms with Crippen LogP contribution in [0.2, 0.25) is 0 Å². The monoisotopic (exact) mass is 320 g/mol. The molecule has 1 N–H and O–H groups in total. The first-order valence-corrected chi connectivity index (χ1v) is 7.91. The molecule has 0 radical (unpaired) electrons. The van der Waals surface area contributed by atoms with Crippen LogP contribution >= 0.6 is 0 Å². The molecule has 1 rings (SSSR count). The van der Waals surface area contributed by atoms with Crippen molar-refractivity contribution in [3.8, 4) is 5.75 Å². The van der Waals surface area contributed by atoms with Crippen molar-refractivity contribution in [2.45, 2.75) is 52.2 Å². The molecule has 0 fully saturated rings. The molecule has 1 aromatic rings. The minimum atomic E-state index is -0.662. The van der Waals surface area contributed by atoms with Crippen LogP contribution in [0.15, 0.2) is 36.4 Å². The minimum absolute atomic E-state index is 0.0941. The first-order valence-electron chi connectivity index (χ1n) is 7.91. The molecule has 0 heterocycles. The fourth-order valence-corrected chi connectivity index (χ4v) is 2.30. The predicted molar refractivity (Wildman–Crippen MR) is 91.3 cm³/mol. The maximum Gasteiger partial charge on any atom is 0.333 e. The number of carbonyl (C=O) groups is 1. The Kier molecular flexibility index (Phi) is 6.82. The van der Waals surface area contributed by atoms with Gasteiger partial charge < -0.3 is 14.6 Å². The highest BCUT2D eigenvalue weighted by Gasteiger charge is 2.25. The highest BCUT2D eigenvalue weighted by atomic mass is 16.6. The Labute approximate surface area is 139 Å². The van der Waals surface area contributed by atoms with Crippen molar-refractivity contribution in [1.29, 1.82) is 0 Å². The zero-order valence-electron chi connectivity index (χ0n) is 14.8. The molecule has 0 saturated heterocycles. The third kappa shape index (κ3) is 6.06. The van der Waals surface area contributed by atoms with E-state index < -0.39 is 17.7 Å². The van der Waals surface area contributed by atoms with Crippen molar-refractivity contribution < 1.29 is 19.4 Å². The molecule has 0 aliphatic carbocycles. The average molecular weight is 320 g/mol. The second kappa shape index (κ2) is 8.16. The van der Waals surface area contributed by atoms with Crippen molar-refractivity contribution in [1.82, 2.24) is 0 Å². The van der Waals surface area contributed by atoms with Gasteiger partial charge in [-0.3, -0.25) is 0 Å². The van der Waals surface area contributed by atoms with Crippen molar-refractivity contribution >= 4 is 5.97 Å². The van der Waals surface area contributed by atoms with Gasteiger partial charge in [-0.25, -0.2) is 4.79 Å². The SMILES string of the molecule is C=C(CC(CC)C(O)c1ccc(OC)cc1)C(=O)OC(C)(C)C. The molecule has 2 unspecified atom stereocenters. The van der Waals surface area contributed by atoms with Gasteiger partial charge in [0, 0.05) is 5.57 Å². The van der Waals surface area contributed by atoms with E-state index in [0.717, 1.165) is 17.7 Å². The van der Waals surface area contributed by atoms with Crippen LogP contribution in [0.25, 0.3) is 0 Å². The zero-order chi connectivity index (χ0) is 17.6. The lowest BCUT2D eigenvalue weighted by Gasteiger charge is -2.24. The predicted octanol–water partition coefficient (Wildman–Crippen LogP) is 4.04. The topological polar surface area (TPSA) is 55.8 Å². The molecule has 0 aliphatic rings. The molecule has 4 nitrogen and oxygen atoms in total. The molecule has 2 atom stereocenters. The Morgan fingerprint density at radius 2 is 1.83 bits per heavy atom.